The van der Waals surface area contributed by atoms with Gasteiger partial charge in [0.25, 0.3) is 0 Å². The highest BCUT2D eigenvalue weighted by Gasteiger charge is 2.14. The molecule has 0 atom stereocenters. The number of fused-ring (bicyclic) bond motifs is 1. The lowest BCUT2D eigenvalue weighted by atomic mass is 10.2. The second kappa shape index (κ2) is 5.83. The smallest absolute Gasteiger partial charge is 0.129 e. The Labute approximate surface area is 148 Å². The van der Waals surface area contributed by atoms with Gasteiger partial charge in [-0.15, -0.1) is 11.6 Å². The lowest BCUT2D eigenvalue weighted by Crippen LogP contribution is -2.00. The first-order valence-corrected chi connectivity index (χ1v) is 8.57. The Bertz CT molecular complexity index is 801. The number of hydrogen-bond donors (Lipinski definition) is 0. The number of aromatic nitrogens is 2. The summed E-state index contributed by atoms with van der Waals surface area (Å²) < 4.78 is 4.09. The van der Waals surface area contributed by atoms with Crippen LogP contribution < -0.4 is 0 Å². The minimum atomic E-state index is 0.328. The number of rotatable bonds is 2. The molecule has 0 fully saturated rings. The molecule has 3 aromatic rings. The van der Waals surface area contributed by atoms with E-state index in [1.54, 1.807) is 0 Å². The van der Waals surface area contributed by atoms with E-state index >= 15 is 0 Å². The number of halogens is 4. The van der Waals surface area contributed by atoms with Crippen LogP contribution in [0.25, 0.3) is 16.7 Å². The first-order chi connectivity index (χ1) is 9.60. The minimum absolute atomic E-state index is 0.328. The lowest BCUT2D eigenvalue weighted by molar-refractivity contribution is 0.981. The third-order valence-corrected chi connectivity index (χ3v) is 4.66. The molecule has 20 heavy (non-hydrogen) atoms. The summed E-state index contributed by atoms with van der Waals surface area (Å²) in [5.41, 5.74) is 2.78. The van der Waals surface area contributed by atoms with Crippen molar-refractivity contribution in [1.82, 2.24) is 9.55 Å². The molecule has 2 aromatic carbocycles. The number of nitrogens with zero attached hydrogens (tertiary/aromatic N) is 2. The van der Waals surface area contributed by atoms with Crippen molar-refractivity contribution >= 4 is 72.8 Å². The van der Waals surface area contributed by atoms with Gasteiger partial charge in [-0.25, -0.2) is 4.98 Å². The average molecular weight is 482 g/mol. The van der Waals surface area contributed by atoms with Gasteiger partial charge < -0.3 is 0 Å². The maximum atomic E-state index is 6.38. The van der Waals surface area contributed by atoms with E-state index in [2.05, 4.69) is 43.5 Å². The standard InChI is InChI=1S/C14H8BrCl2IN2/c15-8-1-3-11-13(5-8)20(14(7-16)19-11)12-4-2-9(18)6-10(12)17/h1-6H,7H2. The molecule has 1 heterocycles. The average Bonchev–Trinajstić information content (AvgIpc) is 2.76. The van der Waals surface area contributed by atoms with Gasteiger partial charge in [-0.2, -0.15) is 0 Å². The Morgan fingerprint density at radius 3 is 2.70 bits per heavy atom. The summed E-state index contributed by atoms with van der Waals surface area (Å²) in [5, 5.41) is 0.683. The van der Waals surface area contributed by atoms with Gasteiger partial charge in [-0.05, 0) is 59.0 Å². The summed E-state index contributed by atoms with van der Waals surface area (Å²) >= 11 is 18.1. The van der Waals surface area contributed by atoms with Crippen LogP contribution in [0.1, 0.15) is 5.82 Å². The molecule has 0 spiro atoms. The van der Waals surface area contributed by atoms with Crippen LogP contribution in [0.15, 0.2) is 40.9 Å². The van der Waals surface area contributed by atoms with Crippen molar-refractivity contribution in [3.05, 3.63) is 55.3 Å². The highest BCUT2D eigenvalue weighted by atomic mass is 127. The SMILES string of the molecule is ClCc1nc2ccc(Br)cc2n1-c1ccc(I)cc1Cl. The predicted molar refractivity (Wildman–Crippen MR) is 96.1 cm³/mol. The molecule has 0 saturated heterocycles. The van der Waals surface area contributed by atoms with Crippen molar-refractivity contribution in [3.8, 4) is 5.69 Å². The zero-order valence-corrected chi connectivity index (χ0v) is 15.3. The van der Waals surface area contributed by atoms with E-state index in [1.165, 1.54) is 0 Å². The van der Waals surface area contributed by atoms with Crippen LogP contribution in [-0.4, -0.2) is 9.55 Å². The van der Waals surface area contributed by atoms with Gasteiger partial charge in [0.1, 0.15) is 5.82 Å². The molecule has 0 aliphatic rings. The molecular weight excluding hydrogens is 474 g/mol. The van der Waals surface area contributed by atoms with Gasteiger partial charge in [0.05, 0.1) is 27.6 Å². The van der Waals surface area contributed by atoms with Crippen LogP contribution >= 0.6 is 61.7 Å². The van der Waals surface area contributed by atoms with E-state index in [-0.39, 0.29) is 0 Å². The monoisotopic (exact) mass is 480 g/mol. The molecule has 3 rings (SSSR count). The van der Waals surface area contributed by atoms with Crippen LogP contribution in [0.4, 0.5) is 0 Å². The van der Waals surface area contributed by atoms with Crippen molar-refractivity contribution in [2.45, 2.75) is 5.88 Å². The molecule has 2 nitrogen and oxygen atoms in total. The van der Waals surface area contributed by atoms with Crippen LogP contribution in [0, 0.1) is 3.57 Å². The highest BCUT2D eigenvalue weighted by Crippen LogP contribution is 2.30. The third kappa shape index (κ3) is 2.58. The minimum Gasteiger partial charge on any atom is -0.294 e. The number of hydrogen-bond acceptors (Lipinski definition) is 1. The van der Waals surface area contributed by atoms with Crippen LogP contribution in [-0.2, 0) is 5.88 Å². The maximum Gasteiger partial charge on any atom is 0.129 e. The summed E-state index contributed by atoms with van der Waals surface area (Å²) in [6, 6.07) is 11.9. The van der Waals surface area contributed by atoms with Gasteiger partial charge in [0.2, 0.25) is 0 Å². The van der Waals surface area contributed by atoms with Crippen LogP contribution in [0.3, 0.4) is 0 Å². The van der Waals surface area contributed by atoms with E-state index in [9.17, 15) is 0 Å². The van der Waals surface area contributed by atoms with Crippen molar-refractivity contribution in [3.63, 3.8) is 0 Å². The summed E-state index contributed by atoms with van der Waals surface area (Å²) in [4.78, 5) is 4.56. The molecule has 0 bridgehead atoms. The fraction of sp³-hybridized carbons (Fsp3) is 0.0714. The van der Waals surface area contributed by atoms with Gasteiger partial charge >= 0.3 is 0 Å². The summed E-state index contributed by atoms with van der Waals surface area (Å²) in [7, 11) is 0. The first kappa shape index (κ1) is 14.6. The molecule has 0 aliphatic carbocycles. The van der Waals surface area contributed by atoms with E-state index in [0.717, 1.165) is 30.6 Å². The van der Waals surface area contributed by atoms with Crippen LogP contribution in [0.5, 0.6) is 0 Å². The van der Waals surface area contributed by atoms with Crippen molar-refractivity contribution in [1.29, 1.82) is 0 Å². The largest absolute Gasteiger partial charge is 0.294 e. The summed E-state index contributed by atoms with van der Waals surface area (Å²) in [5.74, 6) is 1.11. The normalized spacial score (nSPS) is 11.2. The fourth-order valence-electron chi connectivity index (χ4n) is 2.12. The van der Waals surface area contributed by atoms with Crippen molar-refractivity contribution in [2.75, 3.05) is 0 Å². The lowest BCUT2D eigenvalue weighted by Gasteiger charge is -2.10. The first-order valence-electron chi connectivity index (χ1n) is 5.78. The van der Waals surface area contributed by atoms with E-state index in [1.807, 2.05) is 41.0 Å². The highest BCUT2D eigenvalue weighted by molar-refractivity contribution is 14.1. The Hall–Kier alpha value is -0.300. The van der Waals surface area contributed by atoms with Crippen LogP contribution in [0.2, 0.25) is 5.02 Å². The molecule has 0 radical (unpaired) electrons. The predicted octanol–water partition coefficient (Wildman–Crippen LogP) is 5.78. The van der Waals surface area contributed by atoms with Gasteiger partial charge in [0, 0.05) is 8.04 Å². The Balaban J connectivity index is 2.36. The van der Waals surface area contributed by atoms with E-state index in [4.69, 9.17) is 23.2 Å². The summed E-state index contributed by atoms with van der Waals surface area (Å²) in [6.07, 6.45) is 0. The Morgan fingerprint density at radius 2 is 2.00 bits per heavy atom. The zero-order valence-electron chi connectivity index (χ0n) is 10.1. The molecule has 1 aromatic heterocycles. The molecule has 0 saturated carbocycles. The molecule has 102 valence electrons. The molecular formula is C14H8BrCl2IN2. The van der Waals surface area contributed by atoms with Gasteiger partial charge in [-0.3, -0.25) is 4.57 Å². The second-order valence-electron chi connectivity index (χ2n) is 4.23. The molecule has 0 N–H and O–H groups in total. The third-order valence-electron chi connectivity index (χ3n) is 2.96. The van der Waals surface area contributed by atoms with Gasteiger partial charge in [0.15, 0.2) is 0 Å². The Morgan fingerprint density at radius 1 is 1.20 bits per heavy atom. The quantitative estimate of drug-likeness (QED) is 0.335. The number of alkyl halides is 1. The second-order valence-corrected chi connectivity index (χ2v) is 7.06. The Kier molecular flexibility index (Phi) is 4.26. The maximum absolute atomic E-state index is 6.38. The molecule has 6 heteroatoms. The number of imidazole rings is 1. The van der Waals surface area contributed by atoms with E-state index < -0.39 is 0 Å². The summed E-state index contributed by atoms with van der Waals surface area (Å²) in [6.45, 7) is 0. The van der Waals surface area contributed by atoms with E-state index in [0.29, 0.717) is 10.9 Å². The molecule has 0 amide bonds. The van der Waals surface area contributed by atoms with Crippen molar-refractivity contribution in [2.24, 2.45) is 0 Å². The zero-order chi connectivity index (χ0) is 14.3. The fourth-order valence-corrected chi connectivity index (χ4v) is 3.59. The molecule has 0 unspecified atom stereocenters. The van der Waals surface area contributed by atoms with Gasteiger partial charge in [-0.1, -0.05) is 27.5 Å². The molecule has 0 aliphatic heterocycles. The van der Waals surface area contributed by atoms with Crippen molar-refractivity contribution < 1.29 is 0 Å². The topological polar surface area (TPSA) is 17.8 Å². The number of benzene rings is 2.